The normalized spacial score (nSPS) is 14.6. The fraction of sp³-hybridized carbons (Fsp3) is 0.387. The number of hydrogen-bond acceptors (Lipinski definition) is 5. The topological polar surface area (TPSA) is 57.2 Å². The van der Waals surface area contributed by atoms with Crippen LogP contribution in [0, 0.1) is 0 Å². The molecule has 3 aromatic rings. The van der Waals surface area contributed by atoms with Gasteiger partial charge in [-0.05, 0) is 84.5 Å². The fourth-order valence-corrected chi connectivity index (χ4v) is 4.64. The number of carbonyl (C=O) groups is 1. The number of rotatable bonds is 11. The Hall–Kier alpha value is -3.67. The smallest absolute Gasteiger partial charge is 0.254 e. The summed E-state index contributed by atoms with van der Waals surface area (Å²) in [4.78, 5) is 15.6. The van der Waals surface area contributed by atoms with Crippen LogP contribution in [0.3, 0.4) is 0 Å². The van der Waals surface area contributed by atoms with Crippen LogP contribution >= 0.6 is 0 Å². The largest absolute Gasteiger partial charge is 0.494 e. The minimum Gasteiger partial charge on any atom is -0.494 e. The first-order valence-electron chi connectivity index (χ1n) is 13.1. The molecule has 0 saturated carbocycles. The van der Waals surface area contributed by atoms with E-state index in [2.05, 4.69) is 26.0 Å². The van der Waals surface area contributed by atoms with Crippen molar-refractivity contribution in [3.05, 3.63) is 82.9 Å². The van der Waals surface area contributed by atoms with E-state index in [0.717, 1.165) is 48.3 Å². The first kappa shape index (κ1) is 26.4. The average Bonchev–Trinajstić information content (AvgIpc) is 2.95. The molecule has 1 aliphatic rings. The molecule has 0 saturated heterocycles. The Morgan fingerprint density at radius 2 is 1.54 bits per heavy atom. The highest BCUT2D eigenvalue weighted by atomic mass is 16.5. The second-order valence-electron chi connectivity index (χ2n) is 9.21. The number of unbranched alkanes of at least 4 members (excludes halogenated alkanes) is 1. The predicted molar refractivity (Wildman–Crippen MR) is 145 cm³/mol. The number of hydrogen-bond donors (Lipinski definition) is 0. The summed E-state index contributed by atoms with van der Waals surface area (Å²) in [7, 11) is 3.26. The lowest BCUT2D eigenvalue weighted by molar-refractivity contribution is 0.0589. The van der Waals surface area contributed by atoms with Gasteiger partial charge in [0.05, 0.1) is 26.9 Å². The molecule has 6 nitrogen and oxygen atoms in total. The molecule has 1 heterocycles. The average molecular weight is 504 g/mol. The highest BCUT2D eigenvalue weighted by Gasteiger charge is 2.33. The molecule has 0 radical (unpaired) electrons. The van der Waals surface area contributed by atoms with Crippen molar-refractivity contribution in [2.24, 2.45) is 0 Å². The van der Waals surface area contributed by atoms with Gasteiger partial charge in [0, 0.05) is 12.1 Å². The van der Waals surface area contributed by atoms with E-state index in [9.17, 15) is 4.79 Å². The van der Waals surface area contributed by atoms with Crippen molar-refractivity contribution < 1.29 is 23.7 Å². The third-order valence-corrected chi connectivity index (χ3v) is 6.87. The molecule has 37 heavy (non-hydrogen) atoms. The number of amides is 1. The van der Waals surface area contributed by atoms with Crippen molar-refractivity contribution in [1.82, 2.24) is 4.90 Å². The van der Waals surface area contributed by atoms with Crippen LogP contribution in [0.25, 0.3) is 0 Å². The van der Waals surface area contributed by atoms with E-state index >= 15 is 0 Å². The fourth-order valence-electron chi connectivity index (χ4n) is 4.64. The van der Waals surface area contributed by atoms with E-state index in [1.165, 1.54) is 5.56 Å². The second kappa shape index (κ2) is 12.5. The third-order valence-electron chi connectivity index (χ3n) is 6.87. The van der Waals surface area contributed by atoms with Crippen LogP contribution in [0.5, 0.6) is 23.0 Å². The first-order chi connectivity index (χ1) is 18.1. The number of ether oxygens (including phenoxy) is 4. The summed E-state index contributed by atoms with van der Waals surface area (Å²) in [6.45, 7) is 5.85. The van der Waals surface area contributed by atoms with Gasteiger partial charge in [-0.3, -0.25) is 4.79 Å². The molecule has 4 rings (SSSR count). The summed E-state index contributed by atoms with van der Waals surface area (Å²) in [5, 5.41) is 0. The summed E-state index contributed by atoms with van der Waals surface area (Å²) in [5.74, 6) is 2.86. The van der Waals surface area contributed by atoms with Crippen molar-refractivity contribution in [2.75, 3.05) is 34.0 Å². The maximum absolute atomic E-state index is 13.7. The molecule has 0 spiro atoms. The highest BCUT2D eigenvalue weighted by Crippen LogP contribution is 2.39. The third kappa shape index (κ3) is 6.19. The Labute approximate surface area is 220 Å². The maximum Gasteiger partial charge on any atom is 0.254 e. The van der Waals surface area contributed by atoms with Crippen molar-refractivity contribution in [1.29, 1.82) is 0 Å². The van der Waals surface area contributed by atoms with Crippen LogP contribution in [0.15, 0.2) is 60.7 Å². The zero-order valence-corrected chi connectivity index (χ0v) is 22.3. The molecule has 0 aromatic heterocycles. The molecule has 0 fully saturated rings. The minimum atomic E-state index is -0.276. The van der Waals surface area contributed by atoms with Crippen LogP contribution < -0.4 is 18.9 Å². The van der Waals surface area contributed by atoms with Crippen LogP contribution in [-0.2, 0) is 12.8 Å². The highest BCUT2D eigenvalue weighted by molar-refractivity contribution is 5.95. The summed E-state index contributed by atoms with van der Waals surface area (Å²) in [5.41, 5.74) is 4.04. The van der Waals surface area contributed by atoms with E-state index in [4.69, 9.17) is 18.9 Å². The lowest BCUT2D eigenvalue weighted by Crippen LogP contribution is -2.42. The number of aryl methyl sites for hydroxylation is 1. The van der Waals surface area contributed by atoms with E-state index in [0.29, 0.717) is 36.8 Å². The Morgan fingerprint density at radius 3 is 2.19 bits per heavy atom. The lowest BCUT2D eigenvalue weighted by atomic mass is 9.91. The van der Waals surface area contributed by atoms with Gasteiger partial charge in [-0.1, -0.05) is 32.4 Å². The van der Waals surface area contributed by atoms with E-state index < -0.39 is 0 Å². The second-order valence-corrected chi connectivity index (χ2v) is 9.21. The van der Waals surface area contributed by atoms with Crippen molar-refractivity contribution in [3.8, 4) is 23.0 Å². The molecular formula is C31H37NO5. The number of methoxy groups -OCH3 is 2. The quantitative estimate of drug-likeness (QED) is 0.289. The van der Waals surface area contributed by atoms with E-state index in [-0.39, 0.29) is 11.9 Å². The standard InChI is InChI=1S/C31H37NO5/c1-5-7-18-36-25-14-10-23(11-15-25)31(33)32-17-16-24-19-29(34-3)30(35-4)20-27(24)28(32)21-37-26-12-8-22(6-2)9-13-26/h8-15,19-20,28H,5-7,16-18,21H2,1-4H3. The SMILES string of the molecule is CCCCOc1ccc(C(=O)N2CCc3cc(OC)c(OC)cc3C2COc2ccc(CC)cc2)cc1. The monoisotopic (exact) mass is 503 g/mol. The maximum atomic E-state index is 13.7. The Bertz CT molecular complexity index is 1170. The van der Waals surface area contributed by atoms with Gasteiger partial charge < -0.3 is 23.8 Å². The van der Waals surface area contributed by atoms with Gasteiger partial charge in [0.1, 0.15) is 18.1 Å². The van der Waals surface area contributed by atoms with Gasteiger partial charge in [-0.25, -0.2) is 0 Å². The van der Waals surface area contributed by atoms with Gasteiger partial charge in [-0.2, -0.15) is 0 Å². The van der Waals surface area contributed by atoms with Gasteiger partial charge in [0.25, 0.3) is 5.91 Å². The Kier molecular flexibility index (Phi) is 8.94. The summed E-state index contributed by atoms with van der Waals surface area (Å²) >= 11 is 0. The predicted octanol–water partition coefficient (Wildman–Crippen LogP) is 6.26. The van der Waals surface area contributed by atoms with Gasteiger partial charge in [-0.15, -0.1) is 0 Å². The van der Waals surface area contributed by atoms with E-state index in [1.54, 1.807) is 14.2 Å². The minimum absolute atomic E-state index is 0.0320. The molecule has 1 atom stereocenters. The van der Waals surface area contributed by atoms with Crippen LogP contribution in [-0.4, -0.2) is 44.8 Å². The summed E-state index contributed by atoms with van der Waals surface area (Å²) in [6.07, 6.45) is 3.78. The summed E-state index contributed by atoms with van der Waals surface area (Å²) < 4.78 is 23.1. The summed E-state index contributed by atoms with van der Waals surface area (Å²) in [6, 6.07) is 19.3. The zero-order valence-electron chi connectivity index (χ0n) is 22.3. The van der Waals surface area contributed by atoms with Crippen LogP contribution in [0.1, 0.15) is 59.8 Å². The molecule has 1 amide bonds. The van der Waals surface area contributed by atoms with Crippen molar-refractivity contribution in [2.45, 2.75) is 45.6 Å². The van der Waals surface area contributed by atoms with Crippen LogP contribution in [0.2, 0.25) is 0 Å². The Balaban J connectivity index is 1.60. The number of fused-ring (bicyclic) bond motifs is 1. The molecular weight excluding hydrogens is 466 g/mol. The molecule has 1 unspecified atom stereocenters. The molecule has 0 N–H and O–H groups in total. The van der Waals surface area contributed by atoms with Gasteiger partial charge in [0.2, 0.25) is 0 Å². The number of benzene rings is 3. The molecule has 0 aliphatic carbocycles. The molecule has 0 bridgehead atoms. The number of carbonyl (C=O) groups excluding carboxylic acids is 1. The van der Waals surface area contributed by atoms with Crippen molar-refractivity contribution >= 4 is 5.91 Å². The number of nitrogens with zero attached hydrogens (tertiary/aromatic N) is 1. The first-order valence-corrected chi connectivity index (χ1v) is 13.1. The van der Waals surface area contributed by atoms with Crippen molar-refractivity contribution in [3.63, 3.8) is 0 Å². The molecule has 1 aliphatic heterocycles. The molecule has 196 valence electrons. The zero-order chi connectivity index (χ0) is 26.2. The molecule has 3 aromatic carbocycles. The Morgan fingerprint density at radius 1 is 0.892 bits per heavy atom. The van der Waals surface area contributed by atoms with E-state index in [1.807, 2.05) is 53.4 Å². The van der Waals surface area contributed by atoms with Gasteiger partial charge in [0.15, 0.2) is 11.5 Å². The molecule has 6 heteroatoms. The van der Waals surface area contributed by atoms with Gasteiger partial charge >= 0.3 is 0 Å². The lowest BCUT2D eigenvalue weighted by Gasteiger charge is -2.37. The van der Waals surface area contributed by atoms with Crippen LogP contribution in [0.4, 0.5) is 0 Å².